The lowest BCUT2D eigenvalue weighted by Gasteiger charge is -2.47. The minimum absolute atomic E-state index is 0.0118. The van der Waals surface area contributed by atoms with Crippen LogP contribution >= 0.6 is 0 Å². The number of aliphatic hydroxyl groups is 1. The number of carbonyl (C=O) groups excluding carboxylic acids is 2. The Morgan fingerprint density at radius 2 is 1.95 bits per heavy atom. The number of likely N-dealkylation sites (tertiary alicyclic amines) is 1. The third-order valence-electron chi connectivity index (χ3n) is 9.24. The van der Waals surface area contributed by atoms with Crippen LogP contribution in [0.4, 0.5) is 4.79 Å². The number of nitrogens with zero attached hydrogens (tertiary/aromatic N) is 3. The van der Waals surface area contributed by atoms with Crippen LogP contribution in [-0.2, 0) is 16.0 Å². The standard InChI is InChI=1S/C33H51N5O5/c1-5-10-25(36-29(40)28-22-38(15-16-42-28)31(41)37-13-7-6-8-14-37)27(39)21-34-26-19-33(11-9-12-33)43-30-24(26)17-23(20-35-30)18-32(2,3)4/h5,17,20,25-28,34,39H,1,6-16,18-19,21-22H2,2-4H3,(H,36,40)/t25-,26-,27+,28-/m0/s1. The lowest BCUT2D eigenvalue weighted by molar-refractivity contribution is -0.138. The molecule has 4 atom stereocenters. The summed E-state index contributed by atoms with van der Waals surface area (Å²) in [6, 6.07) is 1.62. The van der Waals surface area contributed by atoms with Gasteiger partial charge in [-0.3, -0.25) is 4.79 Å². The first-order chi connectivity index (χ1) is 20.6. The highest BCUT2D eigenvalue weighted by Crippen LogP contribution is 2.48. The fraction of sp³-hybridized carbons (Fsp3) is 0.727. The van der Waals surface area contributed by atoms with Crippen molar-refractivity contribution in [3.05, 3.63) is 36.0 Å². The van der Waals surface area contributed by atoms with E-state index < -0.39 is 18.2 Å². The minimum Gasteiger partial charge on any atom is -0.471 e. The zero-order chi connectivity index (χ0) is 30.6. The van der Waals surface area contributed by atoms with Gasteiger partial charge in [0.2, 0.25) is 5.88 Å². The summed E-state index contributed by atoms with van der Waals surface area (Å²) in [5.41, 5.74) is 2.14. The Bertz CT molecular complexity index is 1140. The van der Waals surface area contributed by atoms with Gasteiger partial charge in [-0.15, -0.1) is 6.58 Å². The molecular weight excluding hydrogens is 546 g/mol. The smallest absolute Gasteiger partial charge is 0.320 e. The largest absolute Gasteiger partial charge is 0.471 e. The number of hydrogen-bond donors (Lipinski definition) is 3. The number of amides is 3. The van der Waals surface area contributed by atoms with E-state index in [2.05, 4.69) is 44.1 Å². The highest BCUT2D eigenvalue weighted by molar-refractivity contribution is 5.83. The van der Waals surface area contributed by atoms with Crippen molar-refractivity contribution < 1.29 is 24.2 Å². The second-order valence-electron chi connectivity index (χ2n) is 14.1. The van der Waals surface area contributed by atoms with Crippen LogP contribution in [0.1, 0.15) is 89.3 Å². The van der Waals surface area contributed by atoms with E-state index in [-0.39, 0.29) is 42.1 Å². The normalized spacial score (nSPS) is 24.7. The van der Waals surface area contributed by atoms with Crippen LogP contribution in [0.15, 0.2) is 24.9 Å². The highest BCUT2D eigenvalue weighted by atomic mass is 16.5. The van der Waals surface area contributed by atoms with Gasteiger partial charge in [0.05, 0.1) is 25.3 Å². The van der Waals surface area contributed by atoms with E-state index in [1.165, 1.54) is 5.56 Å². The molecule has 1 spiro atoms. The van der Waals surface area contributed by atoms with Gasteiger partial charge in [-0.2, -0.15) is 0 Å². The summed E-state index contributed by atoms with van der Waals surface area (Å²) in [7, 11) is 0. The first-order valence-corrected chi connectivity index (χ1v) is 16.2. The number of aromatic nitrogens is 1. The number of carbonyl (C=O) groups is 2. The highest BCUT2D eigenvalue weighted by Gasteiger charge is 2.46. The maximum atomic E-state index is 13.3. The van der Waals surface area contributed by atoms with Crippen LogP contribution in [-0.4, -0.2) is 95.0 Å². The van der Waals surface area contributed by atoms with Crippen molar-refractivity contribution in [2.45, 2.75) is 108 Å². The molecule has 0 aromatic carbocycles. The van der Waals surface area contributed by atoms with E-state index in [1.54, 1.807) is 11.0 Å². The molecule has 4 aliphatic rings. The van der Waals surface area contributed by atoms with Gasteiger partial charge in [0, 0.05) is 50.4 Å². The van der Waals surface area contributed by atoms with Gasteiger partial charge < -0.3 is 35.0 Å². The summed E-state index contributed by atoms with van der Waals surface area (Å²) >= 11 is 0. The Morgan fingerprint density at radius 3 is 2.63 bits per heavy atom. The molecule has 10 heteroatoms. The number of morpholine rings is 1. The molecule has 0 radical (unpaired) electrons. The Balaban J connectivity index is 1.21. The molecule has 3 amide bonds. The number of ether oxygens (including phenoxy) is 2. The summed E-state index contributed by atoms with van der Waals surface area (Å²) in [6.45, 7) is 13.3. The van der Waals surface area contributed by atoms with Crippen molar-refractivity contribution in [1.29, 1.82) is 0 Å². The summed E-state index contributed by atoms with van der Waals surface area (Å²) in [4.78, 5) is 34.7. The molecule has 10 nitrogen and oxygen atoms in total. The first-order valence-electron chi connectivity index (χ1n) is 16.2. The first kappa shape index (κ1) is 31.7. The van der Waals surface area contributed by atoms with Crippen molar-refractivity contribution in [3.8, 4) is 5.88 Å². The molecular formula is C33H51N5O5. The van der Waals surface area contributed by atoms with Crippen LogP contribution in [0.3, 0.4) is 0 Å². The predicted octanol–water partition coefficient (Wildman–Crippen LogP) is 3.73. The fourth-order valence-electron chi connectivity index (χ4n) is 6.79. The number of pyridine rings is 1. The molecule has 4 heterocycles. The third kappa shape index (κ3) is 7.88. The molecule has 3 fully saturated rings. The van der Waals surface area contributed by atoms with E-state index in [4.69, 9.17) is 14.5 Å². The average Bonchev–Trinajstić information content (AvgIpc) is 2.98. The molecule has 3 aliphatic heterocycles. The predicted molar refractivity (Wildman–Crippen MR) is 165 cm³/mol. The summed E-state index contributed by atoms with van der Waals surface area (Å²) in [5.74, 6) is 0.368. The van der Waals surface area contributed by atoms with Gasteiger partial charge >= 0.3 is 6.03 Å². The molecule has 1 aromatic rings. The van der Waals surface area contributed by atoms with Gasteiger partial charge in [-0.05, 0) is 68.4 Å². The van der Waals surface area contributed by atoms with E-state index in [9.17, 15) is 14.7 Å². The second kappa shape index (κ2) is 13.5. The molecule has 1 saturated carbocycles. The number of rotatable bonds is 9. The quantitative estimate of drug-likeness (QED) is 0.372. The second-order valence-corrected chi connectivity index (χ2v) is 14.1. The van der Waals surface area contributed by atoms with Crippen molar-refractivity contribution in [3.63, 3.8) is 0 Å². The number of aliphatic hydroxyl groups excluding tert-OH is 1. The van der Waals surface area contributed by atoms with Crippen molar-refractivity contribution in [1.82, 2.24) is 25.4 Å². The lowest BCUT2D eigenvalue weighted by atomic mass is 9.73. The maximum absolute atomic E-state index is 13.3. The minimum atomic E-state index is -0.856. The Hall–Kier alpha value is -2.69. The van der Waals surface area contributed by atoms with Gasteiger partial charge in [0.1, 0.15) is 5.60 Å². The van der Waals surface area contributed by atoms with Crippen LogP contribution in [0.5, 0.6) is 5.88 Å². The molecule has 5 rings (SSSR count). The SMILES string of the molecule is C=CC[C@H](NC(=O)[C@@H]1CN(C(=O)N2CCCCC2)CCO1)[C@H](O)CN[C@H]1CC2(CCC2)Oc2ncc(CC(C)(C)C)cc21. The number of fused-ring (bicyclic) bond motifs is 1. The number of piperidine rings is 1. The van der Waals surface area contributed by atoms with Gasteiger partial charge in [-0.25, -0.2) is 9.78 Å². The van der Waals surface area contributed by atoms with Crippen LogP contribution < -0.4 is 15.4 Å². The number of hydrogen-bond acceptors (Lipinski definition) is 7. The van der Waals surface area contributed by atoms with E-state index >= 15 is 0 Å². The molecule has 2 saturated heterocycles. The van der Waals surface area contributed by atoms with Crippen LogP contribution in [0.25, 0.3) is 0 Å². The van der Waals surface area contributed by atoms with Crippen LogP contribution in [0.2, 0.25) is 0 Å². The average molecular weight is 598 g/mol. The topological polar surface area (TPSA) is 116 Å². The van der Waals surface area contributed by atoms with Gasteiger partial charge in [-0.1, -0.05) is 26.8 Å². The molecule has 0 bridgehead atoms. The summed E-state index contributed by atoms with van der Waals surface area (Å²) in [6.07, 6.45) is 10.5. The fourth-order valence-corrected chi connectivity index (χ4v) is 6.79. The zero-order valence-corrected chi connectivity index (χ0v) is 26.3. The lowest BCUT2D eigenvalue weighted by Crippen LogP contribution is -2.58. The van der Waals surface area contributed by atoms with Gasteiger partial charge in [0.15, 0.2) is 6.10 Å². The maximum Gasteiger partial charge on any atom is 0.320 e. The molecule has 0 unspecified atom stereocenters. The van der Waals surface area contributed by atoms with E-state index in [0.717, 1.165) is 70.0 Å². The number of nitrogens with one attached hydrogen (secondary N) is 2. The van der Waals surface area contributed by atoms with E-state index in [1.807, 2.05) is 11.1 Å². The third-order valence-corrected chi connectivity index (χ3v) is 9.24. The molecule has 43 heavy (non-hydrogen) atoms. The summed E-state index contributed by atoms with van der Waals surface area (Å²) in [5, 5.41) is 17.9. The van der Waals surface area contributed by atoms with Gasteiger partial charge in [0.25, 0.3) is 5.91 Å². The molecule has 238 valence electrons. The molecule has 1 aliphatic carbocycles. The Labute approximate surface area is 256 Å². The van der Waals surface area contributed by atoms with Crippen molar-refractivity contribution >= 4 is 11.9 Å². The van der Waals surface area contributed by atoms with Crippen molar-refractivity contribution in [2.24, 2.45) is 5.41 Å². The summed E-state index contributed by atoms with van der Waals surface area (Å²) < 4.78 is 12.2. The Morgan fingerprint density at radius 1 is 1.19 bits per heavy atom. The van der Waals surface area contributed by atoms with Crippen molar-refractivity contribution in [2.75, 3.05) is 39.3 Å². The van der Waals surface area contributed by atoms with Crippen LogP contribution in [0, 0.1) is 5.41 Å². The Kier molecular flexibility index (Phi) is 9.98. The molecule has 1 aromatic heterocycles. The molecule has 3 N–H and O–H groups in total. The number of urea groups is 1. The monoisotopic (exact) mass is 597 g/mol. The van der Waals surface area contributed by atoms with E-state index in [0.29, 0.717) is 25.5 Å². The zero-order valence-electron chi connectivity index (χ0n) is 26.3.